The third-order valence-electron chi connectivity index (χ3n) is 4.36. The molecule has 5 heteroatoms. The summed E-state index contributed by atoms with van der Waals surface area (Å²) in [6.45, 7) is 2.61. The van der Waals surface area contributed by atoms with Crippen LogP contribution >= 0.6 is 23.2 Å². The summed E-state index contributed by atoms with van der Waals surface area (Å²) in [5, 5.41) is 5.40. The highest BCUT2D eigenvalue weighted by Crippen LogP contribution is 2.46. The summed E-state index contributed by atoms with van der Waals surface area (Å²) in [7, 11) is 0. The summed E-state index contributed by atoms with van der Waals surface area (Å²) in [6, 6.07) is 5.45. The first kappa shape index (κ1) is 18.3. The Morgan fingerprint density at radius 1 is 1.24 bits per heavy atom. The maximum atomic E-state index is 6.35. The Morgan fingerprint density at radius 3 is 2.68 bits per heavy atom. The average molecular weight is 380 g/mol. The lowest BCUT2D eigenvalue weighted by Crippen LogP contribution is -1.94. The standard InChI is InChI=1S/C20H23Cl2NO2/c1-2-3-4-5-6-12-24-13-15-19(23-25-20(15)14-10-11-14)18-16(21)8-7-9-17(18)22/h6-9,12,14H,2-5,10-11,13H2,1H3/b12-6+. The van der Waals surface area contributed by atoms with Crippen LogP contribution in [0.25, 0.3) is 11.3 Å². The summed E-state index contributed by atoms with van der Waals surface area (Å²) in [6.07, 6.45) is 10.8. The fourth-order valence-electron chi connectivity index (χ4n) is 2.83. The molecule has 1 aromatic carbocycles. The van der Waals surface area contributed by atoms with Gasteiger partial charge in [0.15, 0.2) is 0 Å². The van der Waals surface area contributed by atoms with Gasteiger partial charge in [-0.3, -0.25) is 0 Å². The van der Waals surface area contributed by atoms with E-state index in [1.165, 1.54) is 19.3 Å². The molecule has 0 aliphatic heterocycles. The molecule has 0 N–H and O–H groups in total. The Hall–Kier alpha value is -1.45. The van der Waals surface area contributed by atoms with Crippen LogP contribution in [0, 0.1) is 0 Å². The number of nitrogens with zero attached hydrogens (tertiary/aromatic N) is 1. The van der Waals surface area contributed by atoms with Crippen LogP contribution in [0.5, 0.6) is 0 Å². The molecule has 1 aliphatic rings. The van der Waals surface area contributed by atoms with E-state index in [9.17, 15) is 0 Å². The third kappa shape index (κ3) is 4.59. The molecule has 3 nitrogen and oxygen atoms in total. The van der Waals surface area contributed by atoms with E-state index in [1.807, 2.05) is 18.2 Å². The molecule has 0 spiro atoms. The van der Waals surface area contributed by atoms with Crippen LogP contribution in [0.3, 0.4) is 0 Å². The first-order valence-corrected chi connectivity index (χ1v) is 9.67. The number of allylic oxidation sites excluding steroid dienone is 1. The van der Waals surface area contributed by atoms with Crippen LogP contribution in [-0.4, -0.2) is 5.16 Å². The van der Waals surface area contributed by atoms with E-state index in [1.54, 1.807) is 6.26 Å². The van der Waals surface area contributed by atoms with Gasteiger partial charge in [-0.15, -0.1) is 0 Å². The summed E-state index contributed by atoms with van der Waals surface area (Å²) in [5.41, 5.74) is 2.36. The molecule has 134 valence electrons. The molecule has 0 bridgehead atoms. The molecule has 0 amide bonds. The molecule has 1 aliphatic carbocycles. The van der Waals surface area contributed by atoms with Crippen molar-refractivity contribution in [1.82, 2.24) is 5.16 Å². The fourth-order valence-corrected chi connectivity index (χ4v) is 3.40. The van der Waals surface area contributed by atoms with Crippen molar-refractivity contribution >= 4 is 23.2 Å². The number of ether oxygens (including phenoxy) is 1. The third-order valence-corrected chi connectivity index (χ3v) is 4.99. The molecule has 1 fully saturated rings. The Morgan fingerprint density at radius 2 is 2.00 bits per heavy atom. The maximum absolute atomic E-state index is 6.35. The van der Waals surface area contributed by atoms with Crippen LogP contribution in [0.1, 0.15) is 62.7 Å². The number of hydrogen-bond donors (Lipinski definition) is 0. The predicted octanol–water partition coefficient (Wildman–Crippen LogP) is 7.14. The van der Waals surface area contributed by atoms with Crippen LogP contribution in [-0.2, 0) is 11.3 Å². The van der Waals surface area contributed by atoms with E-state index < -0.39 is 0 Å². The molecular weight excluding hydrogens is 357 g/mol. The molecule has 2 aromatic rings. The lowest BCUT2D eigenvalue weighted by atomic mass is 10.0. The van der Waals surface area contributed by atoms with Gasteiger partial charge in [0.2, 0.25) is 0 Å². The topological polar surface area (TPSA) is 35.3 Å². The van der Waals surface area contributed by atoms with Gasteiger partial charge in [0.1, 0.15) is 18.1 Å². The number of rotatable bonds is 9. The minimum Gasteiger partial charge on any atom is -0.497 e. The number of halogens is 2. The summed E-state index contributed by atoms with van der Waals surface area (Å²) >= 11 is 12.7. The van der Waals surface area contributed by atoms with Crippen LogP contribution in [0.15, 0.2) is 35.1 Å². The number of hydrogen-bond acceptors (Lipinski definition) is 3. The Kier molecular flexibility index (Phi) is 6.44. The van der Waals surface area contributed by atoms with Gasteiger partial charge in [-0.25, -0.2) is 0 Å². The minimum absolute atomic E-state index is 0.413. The first-order valence-electron chi connectivity index (χ1n) is 8.91. The maximum Gasteiger partial charge on any atom is 0.147 e. The van der Waals surface area contributed by atoms with Crippen molar-refractivity contribution in [2.75, 3.05) is 0 Å². The largest absolute Gasteiger partial charge is 0.497 e. The highest BCUT2D eigenvalue weighted by molar-refractivity contribution is 6.39. The van der Waals surface area contributed by atoms with Gasteiger partial charge in [0, 0.05) is 11.5 Å². The van der Waals surface area contributed by atoms with Gasteiger partial charge >= 0.3 is 0 Å². The van der Waals surface area contributed by atoms with Gasteiger partial charge in [0.05, 0.1) is 21.9 Å². The molecule has 25 heavy (non-hydrogen) atoms. The van der Waals surface area contributed by atoms with Crippen molar-refractivity contribution in [2.24, 2.45) is 0 Å². The minimum atomic E-state index is 0.413. The molecular formula is C20H23Cl2NO2. The van der Waals surface area contributed by atoms with Crippen molar-refractivity contribution in [3.05, 3.63) is 51.9 Å². The summed E-state index contributed by atoms with van der Waals surface area (Å²) in [4.78, 5) is 0. The van der Waals surface area contributed by atoms with Gasteiger partial charge in [-0.2, -0.15) is 0 Å². The van der Waals surface area contributed by atoms with Crippen molar-refractivity contribution in [3.63, 3.8) is 0 Å². The van der Waals surface area contributed by atoms with Crippen molar-refractivity contribution < 1.29 is 9.26 Å². The second kappa shape index (κ2) is 8.77. The molecule has 0 radical (unpaired) electrons. The SMILES string of the molecule is CCCCC/C=C/OCc1c(-c2c(Cl)cccc2Cl)noc1C1CC1. The molecule has 3 rings (SSSR count). The molecule has 0 unspecified atom stereocenters. The lowest BCUT2D eigenvalue weighted by Gasteiger charge is -2.07. The van der Waals surface area contributed by atoms with Gasteiger partial charge < -0.3 is 9.26 Å². The average Bonchev–Trinajstić information content (AvgIpc) is 3.36. The quantitative estimate of drug-likeness (QED) is 0.343. The smallest absolute Gasteiger partial charge is 0.147 e. The molecule has 1 saturated carbocycles. The Bertz CT molecular complexity index is 715. The molecule has 0 saturated heterocycles. The zero-order chi connectivity index (χ0) is 17.6. The highest BCUT2D eigenvalue weighted by atomic mass is 35.5. The molecule has 0 atom stereocenters. The van der Waals surface area contributed by atoms with Gasteiger partial charge in [-0.05, 0) is 43.9 Å². The fraction of sp³-hybridized carbons (Fsp3) is 0.450. The zero-order valence-corrected chi connectivity index (χ0v) is 15.9. The number of benzene rings is 1. The summed E-state index contributed by atoms with van der Waals surface area (Å²) in [5.74, 6) is 1.35. The zero-order valence-electron chi connectivity index (χ0n) is 14.4. The predicted molar refractivity (Wildman–Crippen MR) is 102 cm³/mol. The normalized spacial score (nSPS) is 14.4. The monoisotopic (exact) mass is 379 g/mol. The number of unbranched alkanes of at least 4 members (excludes halogenated alkanes) is 3. The Labute approximate surface area is 158 Å². The van der Waals surface area contributed by atoms with E-state index in [4.69, 9.17) is 32.5 Å². The highest BCUT2D eigenvalue weighted by Gasteiger charge is 2.33. The van der Waals surface area contributed by atoms with Crippen LogP contribution < -0.4 is 0 Å². The lowest BCUT2D eigenvalue weighted by molar-refractivity contribution is 0.232. The molecule has 1 heterocycles. The first-order chi connectivity index (χ1) is 12.2. The second-order valence-corrected chi connectivity index (χ2v) is 7.24. The van der Waals surface area contributed by atoms with Gasteiger partial charge in [0.25, 0.3) is 0 Å². The van der Waals surface area contributed by atoms with E-state index >= 15 is 0 Å². The summed E-state index contributed by atoms with van der Waals surface area (Å²) < 4.78 is 11.4. The van der Waals surface area contributed by atoms with Gasteiger partial charge in [-0.1, -0.05) is 54.2 Å². The van der Waals surface area contributed by atoms with E-state index in [0.717, 1.165) is 30.6 Å². The molecule has 1 aromatic heterocycles. The van der Waals surface area contributed by atoms with Crippen molar-refractivity contribution in [3.8, 4) is 11.3 Å². The van der Waals surface area contributed by atoms with E-state index in [0.29, 0.717) is 33.8 Å². The second-order valence-electron chi connectivity index (χ2n) is 6.42. The van der Waals surface area contributed by atoms with Crippen molar-refractivity contribution in [2.45, 2.75) is 58.0 Å². The van der Waals surface area contributed by atoms with Crippen molar-refractivity contribution in [1.29, 1.82) is 0 Å². The van der Waals surface area contributed by atoms with Crippen LogP contribution in [0.2, 0.25) is 10.0 Å². The van der Waals surface area contributed by atoms with Crippen LogP contribution in [0.4, 0.5) is 0 Å². The Balaban J connectivity index is 1.76. The van der Waals surface area contributed by atoms with E-state index in [2.05, 4.69) is 18.2 Å². The number of aromatic nitrogens is 1. The van der Waals surface area contributed by atoms with E-state index in [-0.39, 0.29) is 0 Å².